The van der Waals surface area contributed by atoms with Gasteiger partial charge in [-0.2, -0.15) is 0 Å². The molecular weight excluding hydrogens is 318 g/mol. The van der Waals surface area contributed by atoms with Gasteiger partial charge in [-0.1, -0.05) is 36.4 Å². The molecule has 0 spiro atoms. The van der Waals surface area contributed by atoms with E-state index in [0.717, 1.165) is 16.5 Å². The van der Waals surface area contributed by atoms with Crippen molar-refractivity contribution >= 4 is 16.9 Å². The number of nitrogens with one attached hydrogen (secondary N) is 1. The molecular formula is C20H17NO4. The molecule has 2 aromatic carbocycles. The summed E-state index contributed by atoms with van der Waals surface area (Å²) in [7, 11) is 0. The summed E-state index contributed by atoms with van der Waals surface area (Å²) < 4.78 is 10.7. The van der Waals surface area contributed by atoms with Gasteiger partial charge in [-0.05, 0) is 23.3 Å². The summed E-state index contributed by atoms with van der Waals surface area (Å²) in [6.45, 7) is 3.79. The smallest absolute Gasteiger partial charge is 0.336 e. The molecule has 0 unspecified atom stereocenters. The van der Waals surface area contributed by atoms with Crippen molar-refractivity contribution < 1.29 is 13.9 Å². The molecule has 3 rings (SSSR count). The van der Waals surface area contributed by atoms with Crippen molar-refractivity contribution in [1.29, 1.82) is 0 Å². The molecule has 0 aliphatic rings. The van der Waals surface area contributed by atoms with Gasteiger partial charge >= 0.3 is 5.63 Å². The van der Waals surface area contributed by atoms with E-state index in [-0.39, 0.29) is 12.5 Å². The lowest BCUT2D eigenvalue weighted by Crippen LogP contribution is -2.28. The van der Waals surface area contributed by atoms with Gasteiger partial charge in [0.25, 0.3) is 5.91 Å². The third kappa shape index (κ3) is 3.95. The standard InChI is InChI=1S/C20H17NO4/c1-2-10-21-19(22)13-24-15-8-9-16-17(14-6-4-3-5-7-14)12-20(23)25-18(16)11-15/h2-9,11-12H,1,10,13H2,(H,21,22). The summed E-state index contributed by atoms with van der Waals surface area (Å²) in [6.07, 6.45) is 1.59. The van der Waals surface area contributed by atoms with Crippen LogP contribution in [0.15, 0.2) is 76.5 Å². The Labute approximate surface area is 144 Å². The van der Waals surface area contributed by atoms with Gasteiger partial charge in [0.05, 0.1) is 0 Å². The highest BCUT2D eigenvalue weighted by Crippen LogP contribution is 2.29. The van der Waals surface area contributed by atoms with Gasteiger partial charge in [0, 0.05) is 24.1 Å². The van der Waals surface area contributed by atoms with Crippen molar-refractivity contribution in [3.05, 3.63) is 77.7 Å². The number of fused-ring (bicyclic) bond motifs is 1. The summed E-state index contributed by atoms with van der Waals surface area (Å²) >= 11 is 0. The highest BCUT2D eigenvalue weighted by Gasteiger charge is 2.09. The number of carbonyl (C=O) groups is 1. The van der Waals surface area contributed by atoms with E-state index in [4.69, 9.17) is 9.15 Å². The summed E-state index contributed by atoms with van der Waals surface area (Å²) in [4.78, 5) is 23.5. The second-order valence-electron chi connectivity index (χ2n) is 5.38. The zero-order valence-electron chi connectivity index (χ0n) is 13.5. The second-order valence-corrected chi connectivity index (χ2v) is 5.38. The highest BCUT2D eigenvalue weighted by molar-refractivity contribution is 5.93. The molecule has 5 nitrogen and oxygen atoms in total. The molecule has 126 valence electrons. The topological polar surface area (TPSA) is 68.5 Å². The number of hydrogen-bond acceptors (Lipinski definition) is 4. The molecule has 0 aliphatic heterocycles. The molecule has 0 radical (unpaired) electrons. The van der Waals surface area contributed by atoms with E-state index in [0.29, 0.717) is 17.9 Å². The number of rotatable bonds is 6. The van der Waals surface area contributed by atoms with E-state index in [9.17, 15) is 9.59 Å². The van der Waals surface area contributed by atoms with Crippen LogP contribution in [0.1, 0.15) is 0 Å². The Morgan fingerprint density at radius 2 is 1.96 bits per heavy atom. The molecule has 1 aromatic heterocycles. The molecule has 0 fully saturated rings. The summed E-state index contributed by atoms with van der Waals surface area (Å²) in [6, 6.07) is 16.3. The largest absolute Gasteiger partial charge is 0.484 e. The van der Waals surface area contributed by atoms with Gasteiger partial charge in [-0.15, -0.1) is 6.58 Å². The van der Waals surface area contributed by atoms with Crippen LogP contribution in [0.25, 0.3) is 22.1 Å². The third-order valence-corrected chi connectivity index (χ3v) is 3.61. The van der Waals surface area contributed by atoms with E-state index in [1.165, 1.54) is 6.07 Å². The van der Waals surface area contributed by atoms with Crippen molar-refractivity contribution in [1.82, 2.24) is 5.32 Å². The predicted molar refractivity (Wildman–Crippen MR) is 96.6 cm³/mol. The van der Waals surface area contributed by atoms with E-state index in [1.807, 2.05) is 36.4 Å². The lowest BCUT2D eigenvalue weighted by molar-refractivity contribution is -0.122. The summed E-state index contributed by atoms with van der Waals surface area (Å²) in [5.74, 6) is 0.203. The van der Waals surface area contributed by atoms with Crippen molar-refractivity contribution in [3.8, 4) is 16.9 Å². The van der Waals surface area contributed by atoms with Crippen LogP contribution in [0.2, 0.25) is 0 Å². The third-order valence-electron chi connectivity index (χ3n) is 3.61. The highest BCUT2D eigenvalue weighted by atomic mass is 16.5. The zero-order valence-corrected chi connectivity index (χ0v) is 13.5. The molecule has 0 saturated carbocycles. The van der Waals surface area contributed by atoms with Gasteiger partial charge in [0.2, 0.25) is 0 Å². The van der Waals surface area contributed by atoms with Crippen LogP contribution in [0, 0.1) is 0 Å². The lowest BCUT2D eigenvalue weighted by atomic mass is 10.0. The van der Waals surface area contributed by atoms with E-state index < -0.39 is 5.63 Å². The maximum atomic E-state index is 11.9. The number of carbonyl (C=O) groups excluding carboxylic acids is 1. The van der Waals surface area contributed by atoms with Crippen molar-refractivity contribution in [3.63, 3.8) is 0 Å². The van der Waals surface area contributed by atoms with Crippen molar-refractivity contribution in [2.45, 2.75) is 0 Å². The number of ether oxygens (including phenoxy) is 1. The fourth-order valence-corrected chi connectivity index (χ4v) is 2.48. The van der Waals surface area contributed by atoms with Crippen LogP contribution < -0.4 is 15.7 Å². The fourth-order valence-electron chi connectivity index (χ4n) is 2.48. The quantitative estimate of drug-likeness (QED) is 0.555. The van der Waals surface area contributed by atoms with Crippen molar-refractivity contribution in [2.24, 2.45) is 0 Å². The van der Waals surface area contributed by atoms with Gasteiger partial charge in [0.15, 0.2) is 6.61 Å². The fraction of sp³-hybridized carbons (Fsp3) is 0.100. The minimum Gasteiger partial charge on any atom is -0.484 e. The van der Waals surface area contributed by atoms with Crippen LogP contribution in [-0.4, -0.2) is 19.1 Å². The first-order valence-corrected chi connectivity index (χ1v) is 7.81. The molecule has 1 amide bonds. The van der Waals surface area contributed by atoms with E-state index in [1.54, 1.807) is 18.2 Å². The van der Waals surface area contributed by atoms with Gasteiger partial charge in [-0.25, -0.2) is 4.79 Å². The Bertz CT molecular complexity index is 960. The first kappa shape index (κ1) is 16.5. The minimum absolute atomic E-state index is 0.123. The maximum absolute atomic E-state index is 11.9. The lowest BCUT2D eigenvalue weighted by Gasteiger charge is -2.09. The van der Waals surface area contributed by atoms with E-state index in [2.05, 4.69) is 11.9 Å². The van der Waals surface area contributed by atoms with Gasteiger partial charge < -0.3 is 14.5 Å². The van der Waals surface area contributed by atoms with Gasteiger partial charge in [0.1, 0.15) is 11.3 Å². The van der Waals surface area contributed by atoms with Crippen LogP contribution in [-0.2, 0) is 4.79 Å². The average molecular weight is 335 g/mol. The molecule has 0 aliphatic carbocycles. The molecule has 25 heavy (non-hydrogen) atoms. The monoisotopic (exact) mass is 335 g/mol. The van der Waals surface area contributed by atoms with Gasteiger partial charge in [-0.3, -0.25) is 4.79 Å². The Kier molecular flexibility index (Phi) is 4.95. The molecule has 3 aromatic rings. The Hall–Kier alpha value is -3.34. The normalized spacial score (nSPS) is 10.4. The molecule has 0 bridgehead atoms. The molecule has 1 heterocycles. The van der Waals surface area contributed by atoms with Crippen LogP contribution in [0.4, 0.5) is 0 Å². The molecule has 0 atom stereocenters. The zero-order chi connectivity index (χ0) is 17.6. The van der Waals surface area contributed by atoms with Crippen molar-refractivity contribution in [2.75, 3.05) is 13.2 Å². The second kappa shape index (κ2) is 7.49. The Balaban J connectivity index is 1.90. The average Bonchev–Trinajstić information content (AvgIpc) is 2.64. The maximum Gasteiger partial charge on any atom is 0.336 e. The predicted octanol–water partition coefficient (Wildman–Crippen LogP) is 3.14. The first-order chi connectivity index (χ1) is 12.2. The molecule has 0 saturated heterocycles. The van der Waals surface area contributed by atoms with E-state index >= 15 is 0 Å². The first-order valence-electron chi connectivity index (χ1n) is 7.81. The van der Waals surface area contributed by atoms with Crippen LogP contribution in [0.5, 0.6) is 5.75 Å². The summed E-state index contributed by atoms with van der Waals surface area (Å²) in [5, 5.41) is 3.42. The molecule has 5 heteroatoms. The number of hydrogen-bond donors (Lipinski definition) is 1. The number of amides is 1. The molecule has 1 N–H and O–H groups in total. The summed E-state index contributed by atoms with van der Waals surface area (Å²) in [5.41, 5.74) is 1.70. The number of benzene rings is 2. The van der Waals surface area contributed by atoms with Crippen LogP contribution in [0.3, 0.4) is 0 Å². The SMILES string of the molecule is C=CCNC(=O)COc1ccc2c(-c3ccccc3)cc(=O)oc2c1. The van der Waals surface area contributed by atoms with Crippen LogP contribution >= 0.6 is 0 Å². The Morgan fingerprint density at radius 3 is 2.72 bits per heavy atom. The minimum atomic E-state index is -0.438. The Morgan fingerprint density at radius 1 is 1.16 bits per heavy atom.